The van der Waals surface area contributed by atoms with Crippen LogP contribution >= 0.6 is 0 Å². The first-order valence-electron chi connectivity index (χ1n) is 10.6. The lowest BCUT2D eigenvalue weighted by molar-refractivity contribution is -0.123. The van der Waals surface area contributed by atoms with E-state index in [4.69, 9.17) is 4.74 Å². The topological polar surface area (TPSA) is 61.9 Å². The highest BCUT2D eigenvalue weighted by atomic mass is 16.6. The first kappa shape index (κ1) is 21.8. The molecule has 6 nitrogen and oxygen atoms in total. The average molecular weight is 410 g/mol. The van der Waals surface area contributed by atoms with Crippen molar-refractivity contribution in [3.63, 3.8) is 0 Å². The first-order valence-corrected chi connectivity index (χ1v) is 10.6. The Morgan fingerprint density at radius 2 is 1.57 bits per heavy atom. The molecule has 0 spiro atoms. The average Bonchev–Trinajstić information content (AvgIpc) is 2.76. The second-order valence-corrected chi connectivity index (χ2v) is 7.67. The summed E-state index contributed by atoms with van der Waals surface area (Å²) in [6.07, 6.45) is 1.22. The maximum atomic E-state index is 12.7. The van der Waals surface area contributed by atoms with E-state index in [1.807, 2.05) is 43.4 Å². The van der Waals surface area contributed by atoms with Gasteiger partial charge in [0, 0.05) is 19.1 Å². The third kappa shape index (κ3) is 5.83. The van der Waals surface area contributed by atoms with Crippen LogP contribution in [-0.2, 0) is 9.53 Å². The van der Waals surface area contributed by atoms with Crippen LogP contribution in [0.5, 0.6) is 0 Å². The van der Waals surface area contributed by atoms with E-state index in [9.17, 15) is 9.59 Å². The normalized spacial score (nSPS) is 14.7. The molecule has 0 bridgehead atoms. The molecule has 0 aliphatic carbocycles. The number of likely N-dealkylation sites (tertiary alicyclic amines) is 1. The summed E-state index contributed by atoms with van der Waals surface area (Å²) in [5.41, 5.74) is 2.31. The SMILES string of the molecule is CCOC(=O)N1CCC(NC(=O)CN(C)C(c2ccccc2)c2ccccc2)CC1. The Morgan fingerprint density at radius 1 is 1.03 bits per heavy atom. The summed E-state index contributed by atoms with van der Waals surface area (Å²) in [4.78, 5) is 28.4. The number of benzene rings is 2. The van der Waals surface area contributed by atoms with E-state index in [1.165, 1.54) is 0 Å². The summed E-state index contributed by atoms with van der Waals surface area (Å²) in [6.45, 7) is 3.70. The zero-order valence-electron chi connectivity index (χ0n) is 17.8. The molecular weight excluding hydrogens is 378 g/mol. The van der Waals surface area contributed by atoms with Gasteiger partial charge in [-0.25, -0.2) is 4.79 Å². The van der Waals surface area contributed by atoms with Crippen LogP contribution in [0.2, 0.25) is 0 Å². The maximum Gasteiger partial charge on any atom is 0.409 e. The molecule has 3 rings (SSSR count). The number of hydrogen-bond acceptors (Lipinski definition) is 4. The molecule has 0 aromatic heterocycles. The van der Waals surface area contributed by atoms with Crippen molar-refractivity contribution in [2.45, 2.75) is 31.8 Å². The maximum absolute atomic E-state index is 12.7. The quantitative estimate of drug-likeness (QED) is 0.761. The molecule has 1 aliphatic heterocycles. The zero-order chi connectivity index (χ0) is 21.3. The van der Waals surface area contributed by atoms with Gasteiger partial charge in [-0.1, -0.05) is 60.7 Å². The number of hydrogen-bond donors (Lipinski definition) is 1. The van der Waals surface area contributed by atoms with Crippen molar-refractivity contribution in [2.24, 2.45) is 0 Å². The van der Waals surface area contributed by atoms with Gasteiger partial charge in [0.05, 0.1) is 19.2 Å². The molecule has 2 aromatic carbocycles. The standard InChI is InChI=1S/C24H31N3O3/c1-3-30-24(29)27-16-14-21(15-17-27)25-22(28)18-26(2)23(19-10-6-4-7-11-19)20-12-8-5-9-13-20/h4-13,21,23H,3,14-18H2,1-2H3,(H,25,28). The highest BCUT2D eigenvalue weighted by Crippen LogP contribution is 2.27. The fraction of sp³-hybridized carbons (Fsp3) is 0.417. The largest absolute Gasteiger partial charge is 0.450 e. The van der Waals surface area contributed by atoms with E-state index >= 15 is 0 Å². The minimum Gasteiger partial charge on any atom is -0.450 e. The van der Waals surface area contributed by atoms with E-state index in [-0.39, 0.29) is 24.1 Å². The number of amides is 2. The number of piperidine rings is 1. The molecule has 0 radical (unpaired) electrons. The number of nitrogens with one attached hydrogen (secondary N) is 1. The second-order valence-electron chi connectivity index (χ2n) is 7.67. The molecule has 0 saturated carbocycles. The van der Waals surface area contributed by atoms with Crippen LogP contribution in [0.15, 0.2) is 60.7 Å². The Balaban J connectivity index is 1.58. The van der Waals surface area contributed by atoms with E-state index in [1.54, 1.807) is 11.8 Å². The number of rotatable bonds is 7. The molecule has 2 aromatic rings. The van der Waals surface area contributed by atoms with Gasteiger partial charge in [0.25, 0.3) is 0 Å². The van der Waals surface area contributed by atoms with Gasteiger partial charge in [0.1, 0.15) is 0 Å². The molecule has 1 saturated heterocycles. The third-order valence-electron chi connectivity index (χ3n) is 5.45. The van der Waals surface area contributed by atoms with Crippen molar-refractivity contribution in [3.8, 4) is 0 Å². The van der Waals surface area contributed by atoms with Crippen molar-refractivity contribution < 1.29 is 14.3 Å². The molecule has 0 atom stereocenters. The monoisotopic (exact) mass is 409 g/mol. The zero-order valence-corrected chi connectivity index (χ0v) is 17.8. The molecular formula is C24H31N3O3. The van der Waals surface area contributed by atoms with Crippen molar-refractivity contribution in [3.05, 3.63) is 71.8 Å². The lowest BCUT2D eigenvalue weighted by atomic mass is 9.97. The minimum atomic E-state index is -0.268. The van der Waals surface area contributed by atoms with Crippen LogP contribution in [0.3, 0.4) is 0 Å². The van der Waals surface area contributed by atoms with Crippen molar-refractivity contribution >= 4 is 12.0 Å². The van der Waals surface area contributed by atoms with Gasteiger partial charge in [-0.2, -0.15) is 0 Å². The Bertz CT molecular complexity index is 765. The predicted octanol–water partition coefficient (Wildman–Crippen LogP) is 3.44. The Kier molecular flexibility index (Phi) is 7.85. The summed E-state index contributed by atoms with van der Waals surface area (Å²) in [7, 11) is 1.98. The summed E-state index contributed by atoms with van der Waals surface area (Å²) in [5, 5.41) is 3.14. The smallest absolute Gasteiger partial charge is 0.409 e. The fourth-order valence-electron chi connectivity index (χ4n) is 3.98. The van der Waals surface area contributed by atoms with Gasteiger partial charge in [-0.05, 0) is 37.9 Å². The molecule has 1 aliphatic rings. The summed E-state index contributed by atoms with van der Waals surface area (Å²) in [5.74, 6) is 0.00365. The molecule has 30 heavy (non-hydrogen) atoms. The van der Waals surface area contributed by atoms with Gasteiger partial charge in [0.15, 0.2) is 0 Å². The highest BCUT2D eigenvalue weighted by Gasteiger charge is 2.26. The van der Waals surface area contributed by atoms with Crippen molar-refractivity contribution in [1.29, 1.82) is 0 Å². The van der Waals surface area contributed by atoms with E-state index in [0.29, 0.717) is 26.2 Å². The van der Waals surface area contributed by atoms with Gasteiger partial charge in [-0.3, -0.25) is 9.69 Å². The van der Waals surface area contributed by atoms with Crippen LogP contribution in [0, 0.1) is 0 Å². The number of carbonyl (C=O) groups excluding carboxylic acids is 2. The third-order valence-corrected chi connectivity index (χ3v) is 5.45. The number of ether oxygens (including phenoxy) is 1. The van der Waals surface area contributed by atoms with Crippen LogP contribution in [-0.4, -0.2) is 61.1 Å². The van der Waals surface area contributed by atoms with Crippen LogP contribution in [0.25, 0.3) is 0 Å². The van der Waals surface area contributed by atoms with E-state index in [0.717, 1.165) is 24.0 Å². The number of carbonyl (C=O) groups is 2. The molecule has 1 fully saturated rings. The number of likely N-dealkylation sites (N-methyl/N-ethyl adjacent to an activating group) is 1. The molecule has 1 N–H and O–H groups in total. The highest BCUT2D eigenvalue weighted by molar-refractivity contribution is 5.78. The van der Waals surface area contributed by atoms with Crippen LogP contribution in [0.4, 0.5) is 4.79 Å². The van der Waals surface area contributed by atoms with E-state index in [2.05, 4.69) is 34.5 Å². The fourth-order valence-corrected chi connectivity index (χ4v) is 3.98. The van der Waals surface area contributed by atoms with Gasteiger partial charge < -0.3 is 15.0 Å². The van der Waals surface area contributed by atoms with Gasteiger partial charge >= 0.3 is 6.09 Å². The summed E-state index contributed by atoms with van der Waals surface area (Å²) < 4.78 is 5.05. The Hall–Kier alpha value is -2.86. The lowest BCUT2D eigenvalue weighted by Gasteiger charge is -2.33. The second kappa shape index (κ2) is 10.8. The first-order chi connectivity index (χ1) is 14.6. The van der Waals surface area contributed by atoms with Crippen molar-refractivity contribution in [2.75, 3.05) is 33.3 Å². The van der Waals surface area contributed by atoms with Crippen LogP contribution in [0.1, 0.15) is 36.9 Å². The number of nitrogens with zero attached hydrogens (tertiary/aromatic N) is 2. The van der Waals surface area contributed by atoms with E-state index < -0.39 is 0 Å². The van der Waals surface area contributed by atoms with Crippen LogP contribution < -0.4 is 5.32 Å². The molecule has 6 heteroatoms. The Morgan fingerprint density at radius 3 is 2.07 bits per heavy atom. The predicted molar refractivity (Wildman–Crippen MR) is 117 cm³/mol. The molecule has 160 valence electrons. The van der Waals surface area contributed by atoms with Gasteiger partial charge in [-0.15, -0.1) is 0 Å². The lowest BCUT2D eigenvalue weighted by Crippen LogP contribution is -2.48. The molecule has 0 unspecified atom stereocenters. The van der Waals surface area contributed by atoms with Crippen molar-refractivity contribution in [1.82, 2.24) is 15.1 Å². The summed E-state index contributed by atoms with van der Waals surface area (Å²) in [6, 6.07) is 20.6. The van der Waals surface area contributed by atoms with Gasteiger partial charge in [0.2, 0.25) is 5.91 Å². The molecule has 2 amide bonds. The molecule has 1 heterocycles. The Labute approximate surface area is 178 Å². The summed E-state index contributed by atoms with van der Waals surface area (Å²) >= 11 is 0. The minimum absolute atomic E-state index is 0.00353.